The lowest BCUT2D eigenvalue weighted by Gasteiger charge is -2.60. The van der Waals surface area contributed by atoms with Crippen LogP contribution in [0.1, 0.15) is 66.2 Å². The quantitative estimate of drug-likeness (QED) is 0.683. The van der Waals surface area contributed by atoms with Gasteiger partial charge in [0.2, 0.25) is 5.78 Å². The molecule has 0 spiro atoms. The number of aliphatic hydroxyl groups is 2. The van der Waals surface area contributed by atoms with Gasteiger partial charge in [-0.2, -0.15) is 0 Å². The number of fused-ring (bicyclic) bond motifs is 5. The molecule has 3 fully saturated rings. The Kier molecular flexibility index (Phi) is 5.06. The Hall–Kier alpha value is -1.53. The van der Waals surface area contributed by atoms with E-state index in [0.29, 0.717) is 19.3 Å². The van der Waals surface area contributed by atoms with Crippen molar-refractivity contribution in [1.82, 2.24) is 0 Å². The summed E-state index contributed by atoms with van der Waals surface area (Å²) >= 11 is 0. The van der Waals surface area contributed by atoms with E-state index in [1.165, 1.54) is 6.92 Å². The third-order valence-electron chi connectivity index (χ3n) is 9.31. The van der Waals surface area contributed by atoms with Gasteiger partial charge in [-0.25, -0.2) is 0 Å². The highest BCUT2D eigenvalue weighted by molar-refractivity contribution is 5.92. The van der Waals surface area contributed by atoms with Crippen LogP contribution in [0.25, 0.3) is 0 Å². The van der Waals surface area contributed by atoms with Crippen molar-refractivity contribution in [1.29, 1.82) is 0 Å². The van der Waals surface area contributed by atoms with Crippen LogP contribution < -0.4 is 0 Å². The standard InChI is InChI=1S/C24H34O6/c1-13-9-18-17-6-5-15-10-16(26)7-8-22(15,3)21(17)19(27)11-23(18,4)24(13,29)20(28)12-30-14(2)25/h10,13,17-19,21,27,29H,5-9,11-12H2,1-4H3/t13-,17-,18+,19-,21+,22-,23-,24-/m0/s1. The number of ketones is 2. The molecule has 6 heteroatoms. The van der Waals surface area contributed by atoms with Gasteiger partial charge in [0.1, 0.15) is 5.60 Å². The molecule has 4 aliphatic carbocycles. The monoisotopic (exact) mass is 418 g/mol. The van der Waals surface area contributed by atoms with Crippen LogP contribution in [0.4, 0.5) is 0 Å². The van der Waals surface area contributed by atoms with E-state index >= 15 is 0 Å². The Morgan fingerprint density at radius 1 is 1.27 bits per heavy atom. The summed E-state index contributed by atoms with van der Waals surface area (Å²) in [6, 6.07) is 0. The van der Waals surface area contributed by atoms with Gasteiger partial charge in [-0.1, -0.05) is 26.3 Å². The average Bonchev–Trinajstić information content (AvgIpc) is 2.87. The lowest BCUT2D eigenvalue weighted by Crippen LogP contribution is -2.63. The number of carbonyl (C=O) groups excluding carboxylic acids is 3. The minimum absolute atomic E-state index is 0.0294. The molecule has 0 aromatic carbocycles. The number of carbonyl (C=O) groups is 3. The molecule has 0 aromatic heterocycles. The first-order valence-corrected chi connectivity index (χ1v) is 11.3. The van der Waals surface area contributed by atoms with Crippen molar-refractivity contribution in [2.75, 3.05) is 6.61 Å². The zero-order chi connectivity index (χ0) is 22.1. The van der Waals surface area contributed by atoms with Crippen molar-refractivity contribution in [2.24, 2.45) is 34.5 Å². The molecule has 0 amide bonds. The van der Waals surface area contributed by atoms with Crippen LogP contribution in [0, 0.1) is 34.5 Å². The number of hydrogen-bond acceptors (Lipinski definition) is 6. The fraction of sp³-hybridized carbons (Fsp3) is 0.792. The second-order valence-electron chi connectivity index (χ2n) is 10.7. The highest BCUT2D eigenvalue weighted by atomic mass is 16.5. The van der Waals surface area contributed by atoms with E-state index in [1.54, 1.807) is 6.08 Å². The van der Waals surface area contributed by atoms with Gasteiger partial charge in [0, 0.05) is 18.8 Å². The molecule has 0 saturated heterocycles. The van der Waals surface area contributed by atoms with E-state index in [1.807, 2.05) is 13.8 Å². The van der Waals surface area contributed by atoms with E-state index in [4.69, 9.17) is 4.74 Å². The Labute approximate surface area is 178 Å². The van der Waals surface area contributed by atoms with Gasteiger partial charge in [-0.15, -0.1) is 0 Å². The molecule has 8 atom stereocenters. The predicted octanol–water partition coefficient (Wildman–Crippen LogP) is 2.60. The van der Waals surface area contributed by atoms with Crippen molar-refractivity contribution in [3.8, 4) is 0 Å². The maximum atomic E-state index is 13.1. The fourth-order valence-electron chi connectivity index (χ4n) is 7.89. The van der Waals surface area contributed by atoms with Crippen molar-refractivity contribution in [2.45, 2.75) is 77.9 Å². The van der Waals surface area contributed by atoms with E-state index in [-0.39, 0.29) is 34.9 Å². The molecule has 4 aliphatic rings. The Bertz CT molecular complexity index is 817. The zero-order valence-electron chi connectivity index (χ0n) is 18.4. The minimum atomic E-state index is -1.63. The van der Waals surface area contributed by atoms with Crippen LogP contribution in [-0.2, 0) is 19.1 Å². The van der Waals surface area contributed by atoms with E-state index in [9.17, 15) is 24.6 Å². The Balaban J connectivity index is 1.69. The van der Waals surface area contributed by atoms with Gasteiger partial charge in [-0.3, -0.25) is 14.4 Å². The lowest BCUT2D eigenvalue weighted by molar-refractivity contribution is -0.188. The smallest absolute Gasteiger partial charge is 0.303 e. The molecule has 0 unspecified atom stereocenters. The summed E-state index contributed by atoms with van der Waals surface area (Å²) in [7, 11) is 0. The summed E-state index contributed by atoms with van der Waals surface area (Å²) in [5, 5.41) is 23.1. The molecule has 0 radical (unpaired) electrons. The Morgan fingerprint density at radius 2 is 1.97 bits per heavy atom. The molecule has 30 heavy (non-hydrogen) atoms. The molecular formula is C24H34O6. The first-order valence-electron chi connectivity index (χ1n) is 11.3. The molecular weight excluding hydrogens is 384 g/mol. The van der Waals surface area contributed by atoms with Gasteiger partial charge in [0.05, 0.1) is 6.10 Å². The highest BCUT2D eigenvalue weighted by Gasteiger charge is 2.70. The second-order valence-corrected chi connectivity index (χ2v) is 10.7. The van der Waals surface area contributed by atoms with Crippen LogP contribution in [0.5, 0.6) is 0 Å². The third kappa shape index (κ3) is 2.79. The normalized spacial score (nSPS) is 47.6. The number of esters is 1. The molecule has 0 heterocycles. The molecule has 3 saturated carbocycles. The van der Waals surface area contributed by atoms with E-state index < -0.39 is 35.5 Å². The van der Waals surface area contributed by atoms with Crippen molar-refractivity contribution >= 4 is 17.5 Å². The summed E-state index contributed by atoms with van der Waals surface area (Å²) in [6.07, 6.45) is 5.15. The highest BCUT2D eigenvalue weighted by Crippen LogP contribution is 2.68. The molecule has 4 rings (SSSR count). The molecule has 0 aliphatic heterocycles. The van der Waals surface area contributed by atoms with Crippen LogP contribution in [0.3, 0.4) is 0 Å². The van der Waals surface area contributed by atoms with Gasteiger partial charge in [0.25, 0.3) is 0 Å². The molecule has 166 valence electrons. The third-order valence-corrected chi connectivity index (χ3v) is 9.31. The minimum Gasteiger partial charge on any atom is -0.458 e. The van der Waals surface area contributed by atoms with Gasteiger partial charge in [0.15, 0.2) is 12.4 Å². The van der Waals surface area contributed by atoms with Crippen LogP contribution >= 0.6 is 0 Å². The SMILES string of the molecule is CC(=O)OCC(=O)[C@@]1(O)[C@@H](C)C[C@@H]2[C@@H]3CCC4=CC(=O)CC[C@]4(C)[C@H]3[C@@H](O)C[C@@]21C. The molecule has 0 aromatic rings. The molecule has 0 bridgehead atoms. The van der Waals surface area contributed by atoms with Crippen LogP contribution in [0.2, 0.25) is 0 Å². The summed E-state index contributed by atoms with van der Waals surface area (Å²) in [5.74, 6) is -0.798. The first-order chi connectivity index (χ1) is 13.9. The van der Waals surface area contributed by atoms with Gasteiger partial charge in [-0.05, 0) is 67.3 Å². The maximum absolute atomic E-state index is 13.1. The maximum Gasteiger partial charge on any atom is 0.303 e. The summed E-state index contributed by atoms with van der Waals surface area (Å²) in [4.78, 5) is 36.3. The van der Waals surface area contributed by atoms with Crippen LogP contribution in [0.15, 0.2) is 11.6 Å². The predicted molar refractivity (Wildman–Crippen MR) is 109 cm³/mol. The van der Waals surface area contributed by atoms with Gasteiger partial charge < -0.3 is 14.9 Å². The Morgan fingerprint density at radius 3 is 2.63 bits per heavy atom. The first kappa shape index (κ1) is 21.7. The topological polar surface area (TPSA) is 101 Å². The summed E-state index contributed by atoms with van der Waals surface area (Å²) < 4.78 is 4.93. The number of aliphatic hydroxyl groups excluding tert-OH is 1. The van der Waals surface area contributed by atoms with E-state index in [0.717, 1.165) is 24.8 Å². The second kappa shape index (κ2) is 6.99. The average molecular weight is 419 g/mol. The number of hydrogen-bond donors (Lipinski definition) is 2. The van der Waals surface area contributed by atoms with Crippen LogP contribution in [-0.4, -0.2) is 46.1 Å². The van der Waals surface area contributed by atoms with Crippen molar-refractivity contribution < 1.29 is 29.3 Å². The number of ether oxygens (including phenoxy) is 1. The van der Waals surface area contributed by atoms with Gasteiger partial charge >= 0.3 is 5.97 Å². The van der Waals surface area contributed by atoms with E-state index in [2.05, 4.69) is 6.92 Å². The largest absolute Gasteiger partial charge is 0.458 e. The molecule has 6 nitrogen and oxygen atoms in total. The number of allylic oxidation sites excluding steroid dienone is 1. The van der Waals surface area contributed by atoms with Crippen molar-refractivity contribution in [3.05, 3.63) is 11.6 Å². The number of rotatable bonds is 3. The van der Waals surface area contributed by atoms with Crippen molar-refractivity contribution in [3.63, 3.8) is 0 Å². The zero-order valence-corrected chi connectivity index (χ0v) is 18.4. The fourth-order valence-corrected chi connectivity index (χ4v) is 7.89. The summed E-state index contributed by atoms with van der Waals surface area (Å²) in [5.41, 5.74) is -1.44. The summed E-state index contributed by atoms with van der Waals surface area (Å²) in [6.45, 7) is 6.83. The lowest BCUT2D eigenvalue weighted by atomic mass is 9.45. The number of Topliss-reactive ketones (excluding diaryl/α,β-unsaturated/α-hetero) is 1. The molecule has 2 N–H and O–H groups in total.